The number of aromatic nitrogens is 2. The highest BCUT2D eigenvalue weighted by molar-refractivity contribution is 6.30. The van der Waals surface area contributed by atoms with Crippen molar-refractivity contribution >= 4 is 40.4 Å². The van der Waals surface area contributed by atoms with Gasteiger partial charge in [0, 0.05) is 16.0 Å². The zero-order valence-corrected chi connectivity index (χ0v) is 17.9. The minimum Gasteiger partial charge on any atom is -0.335 e. The lowest BCUT2D eigenvalue weighted by Gasteiger charge is -2.18. The topological polar surface area (TPSA) is 116 Å². The number of aromatic amines is 1. The van der Waals surface area contributed by atoms with Gasteiger partial charge in [-0.15, -0.1) is 0 Å². The summed E-state index contributed by atoms with van der Waals surface area (Å²) in [5, 5.41) is 14.4. The Kier molecular flexibility index (Phi) is 6.56. The van der Waals surface area contributed by atoms with Crippen LogP contribution in [0.1, 0.15) is 27.7 Å². The molecule has 0 aliphatic carbocycles. The van der Waals surface area contributed by atoms with Crippen LogP contribution in [0.2, 0.25) is 5.02 Å². The molecule has 164 valence electrons. The van der Waals surface area contributed by atoms with Crippen LogP contribution in [0.5, 0.6) is 0 Å². The smallest absolute Gasteiger partial charge is 0.272 e. The van der Waals surface area contributed by atoms with E-state index in [1.54, 1.807) is 78.9 Å². The number of benzene rings is 3. The lowest BCUT2D eigenvalue weighted by molar-refractivity contribution is -0.123. The van der Waals surface area contributed by atoms with Crippen LogP contribution in [0.3, 0.4) is 0 Å². The van der Waals surface area contributed by atoms with Crippen molar-refractivity contribution in [1.29, 1.82) is 0 Å². The molecule has 1 heterocycles. The van der Waals surface area contributed by atoms with Gasteiger partial charge in [-0.05, 0) is 35.9 Å². The zero-order chi connectivity index (χ0) is 23.2. The van der Waals surface area contributed by atoms with E-state index in [-0.39, 0.29) is 5.69 Å². The molecule has 4 rings (SSSR count). The van der Waals surface area contributed by atoms with Crippen molar-refractivity contribution in [3.05, 3.63) is 111 Å². The molecular formula is C24H18ClN5O3. The Bertz CT molecular complexity index is 1400. The molecule has 3 N–H and O–H groups in total. The van der Waals surface area contributed by atoms with Crippen LogP contribution in [-0.2, 0) is 4.79 Å². The number of rotatable bonds is 6. The molecule has 0 aliphatic heterocycles. The van der Waals surface area contributed by atoms with E-state index in [0.29, 0.717) is 26.9 Å². The molecule has 0 saturated heterocycles. The molecule has 33 heavy (non-hydrogen) atoms. The van der Waals surface area contributed by atoms with Crippen LogP contribution >= 0.6 is 11.6 Å². The minimum absolute atomic E-state index is 0.185. The SMILES string of the molecule is O=C(N[C@@H](C(=O)N/N=C\c1cccc(Cl)c1)c1n[nH]c(=O)c2ccccc12)c1ccccc1. The molecule has 0 bridgehead atoms. The van der Waals surface area contributed by atoms with E-state index in [9.17, 15) is 14.4 Å². The largest absolute Gasteiger partial charge is 0.335 e. The van der Waals surface area contributed by atoms with E-state index in [2.05, 4.69) is 26.0 Å². The van der Waals surface area contributed by atoms with Gasteiger partial charge in [-0.1, -0.05) is 60.1 Å². The van der Waals surface area contributed by atoms with Gasteiger partial charge in [0.1, 0.15) is 5.69 Å². The molecule has 2 amide bonds. The van der Waals surface area contributed by atoms with Crippen molar-refractivity contribution in [3.8, 4) is 0 Å². The van der Waals surface area contributed by atoms with Crippen molar-refractivity contribution in [2.75, 3.05) is 0 Å². The van der Waals surface area contributed by atoms with E-state index < -0.39 is 23.4 Å². The van der Waals surface area contributed by atoms with Crippen LogP contribution in [0, 0.1) is 0 Å². The third kappa shape index (κ3) is 5.13. The fourth-order valence-corrected chi connectivity index (χ4v) is 3.44. The molecule has 0 spiro atoms. The maximum atomic E-state index is 13.1. The Morgan fingerprint density at radius 2 is 1.70 bits per heavy atom. The molecule has 1 aromatic heterocycles. The lowest BCUT2D eigenvalue weighted by Crippen LogP contribution is -2.40. The Morgan fingerprint density at radius 1 is 0.970 bits per heavy atom. The molecule has 9 heteroatoms. The molecule has 1 atom stereocenters. The number of nitrogens with zero attached hydrogens (tertiary/aromatic N) is 2. The quantitative estimate of drug-likeness (QED) is 0.303. The Balaban J connectivity index is 1.67. The third-order valence-corrected chi connectivity index (χ3v) is 5.04. The molecule has 8 nitrogen and oxygen atoms in total. The standard InChI is InChI=1S/C24H18ClN5O3/c25-17-10-6-7-15(13-17)14-26-29-24(33)21(27-22(31)16-8-2-1-3-9-16)20-18-11-4-5-12-19(18)23(32)30-28-20/h1-14,21H,(H,27,31)(H,29,33)(H,30,32)/b26-14-/t21-/m1/s1. The molecular weight excluding hydrogens is 442 g/mol. The van der Waals surface area contributed by atoms with Crippen molar-refractivity contribution in [2.24, 2.45) is 5.10 Å². The van der Waals surface area contributed by atoms with Gasteiger partial charge in [0.05, 0.1) is 11.6 Å². The Labute approximate surface area is 193 Å². The Hall–Kier alpha value is -4.30. The van der Waals surface area contributed by atoms with Gasteiger partial charge < -0.3 is 5.32 Å². The van der Waals surface area contributed by atoms with Crippen LogP contribution in [0.15, 0.2) is 88.8 Å². The summed E-state index contributed by atoms with van der Waals surface area (Å²) in [6, 6.07) is 20.9. The molecule has 0 saturated carbocycles. The minimum atomic E-state index is -1.23. The van der Waals surface area contributed by atoms with Crippen molar-refractivity contribution in [3.63, 3.8) is 0 Å². The summed E-state index contributed by atoms with van der Waals surface area (Å²) in [6.45, 7) is 0. The van der Waals surface area contributed by atoms with Gasteiger partial charge in [0.2, 0.25) is 0 Å². The first-order chi connectivity index (χ1) is 16.0. The van der Waals surface area contributed by atoms with Crippen molar-refractivity contribution in [1.82, 2.24) is 20.9 Å². The average Bonchev–Trinajstić information content (AvgIpc) is 2.84. The van der Waals surface area contributed by atoms with E-state index >= 15 is 0 Å². The maximum absolute atomic E-state index is 13.1. The number of hydrazone groups is 1. The summed E-state index contributed by atoms with van der Waals surface area (Å²) in [6.07, 6.45) is 1.43. The molecule has 0 aliphatic rings. The number of carbonyl (C=O) groups excluding carboxylic acids is 2. The second kappa shape index (κ2) is 9.88. The van der Waals surface area contributed by atoms with Gasteiger partial charge in [0.25, 0.3) is 17.4 Å². The van der Waals surface area contributed by atoms with Crippen LogP contribution < -0.4 is 16.3 Å². The first-order valence-electron chi connectivity index (χ1n) is 9.94. The van der Waals surface area contributed by atoms with Crippen LogP contribution in [-0.4, -0.2) is 28.2 Å². The van der Waals surface area contributed by atoms with Crippen LogP contribution in [0.25, 0.3) is 10.8 Å². The maximum Gasteiger partial charge on any atom is 0.272 e. The predicted molar refractivity (Wildman–Crippen MR) is 126 cm³/mol. The third-order valence-electron chi connectivity index (χ3n) is 4.81. The number of nitrogens with one attached hydrogen (secondary N) is 3. The van der Waals surface area contributed by atoms with E-state index in [1.807, 2.05) is 0 Å². The van der Waals surface area contributed by atoms with Crippen molar-refractivity contribution in [2.45, 2.75) is 6.04 Å². The summed E-state index contributed by atoms with van der Waals surface area (Å²) < 4.78 is 0. The summed E-state index contributed by atoms with van der Waals surface area (Å²) in [7, 11) is 0. The monoisotopic (exact) mass is 459 g/mol. The number of carbonyl (C=O) groups is 2. The second-order valence-electron chi connectivity index (χ2n) is 7.05. The van der Waals surface area contributed by atoms with Crippen molar-refractivity contribution < 1.29 is 9.59 Å². The number of halogens is 1. The molecule has 3 aromatic carbocycles. The van der Waals surface area contributed by atoms with E-state index in [1.165, 1.54) is 6.21 Å². The first-order valence-corrected chi connectivity index (χ1v) is 10.3. The number of fused-ring (bicyclic) bond motifs is 1. The number of hydrogen-bond acceptors (Lipinski definition) is 5. The second-order valence-corrected chi connectivity index (χ2v) is 7.48. The summed E-state index contributed by atoms with van der Waals surface area (Å²) in [5.74, 6) is -1.12. The van der Waals surface area contributed by atoms with Crippen LogP contribution in [0.4, 0.5) is 0 Å². The predicted octanol–water partition coefficient (Wildman–Crippen LogP) is 3.20. The first kappa shape index (κ1) is 21.9. The highest BCUT2D eigenvalue weighted by Gasteiger charge is 2.27. The number of H-pyrrole nitrogens is 1. The van der Waals surface area contributed by atoms with Gasteiger partial charge in [-0.25, -0.2) is 10.5 Å². The van der Waals surface area contributed by atoms with E-state index in [0.717, 1.165) is 0 Å². The van der Waals surface area contributed by atoms with Gasteiger partial charge in [0.15, 0.2) is 6.04 Å². The number of amides is 2. The van der Waals surface area contributed by atoms with E-state index in [4.69, 9.17) is 11.6 Å². The van der Waals surface area contributed by atoms with Gasteiger partial charge in [-0.3, -0.25) is 14.4 Å². The Morgan fingerprint density at radius 3 is 2.45 bits per heavy atom. The fraction of sp³-hybridized carbons (Fsp3) is 0.0417. The van der Waals surface area contributed by atoms with Gasteiger partial charge >= 0.3 is 0 Å². The highest BCUT2D eigenvalue weighted by Crippen LogP contribution is 2.20. The number of hydrogen-bond donors (Lipinski definition) is 3. The average molecular weight is 460 g/mol. The zero-order valence-electron chi connectivity index (χ0n) is 17.2. The molecule has 0 radical (unpaired) electrons. The molecule has 4 aromatic rings. The highest BCUT2D eigenvalue weighted by atomic mass is 35.5. The summed E-state index contributed by atoms with van der Waals surface area (Å²) >= 11 is 5.97. The summed E-state index contributed by atoms with van der Waals surface area (Å²) in [5.41, 5.74) is 3.26. The molecule has 0 unspecified atom stereocenters. The summed E-state index contributed by atoms with van der Waals surface area (Å²) in [4.78, 5) is 38.1. The molecule has 0 fully saturated rings. The fourth-order valence-electron chi connectivity index (χ4n) is 3.24. The normalized spacial score (nSPS) is 11.9. The lowest BCUT2D eigenvalue weighted by atomic mass is 10.0. The van der Waals surface area contributed by atoms with Gasteiger partial charge in [-0.2, -0.15) is 10.2 Å².